The minimum atomic E-state index is -0.00235. The van der Waals surface area contributed by atoms with Gasteiger partial charge < -0.3 is 10.6 Å². The second-order valence-electron chi connectivity index (χ2n) is 7.05. The fourth-order valence-electron chi connectivity index (χ4n) is 3.60. The Balaban J connectivity index is 1.59. The van der Waals surface area contributed by atoms with Gasteiger partial charge in [0.15, 0.2) is 5.82 Å². The van der Waals surface area contributed by atoms with Crippen molar-refractivity contribution >= 4 is 34.2 Å². The van der Waals surface area contributed by atoms with E-state index in [1.807, 2.05) is 18.2 Å². The predicted octanol–water partition coefficient (Wildman–Crippen LogP) is 4.08. The maximum atomic E-state index is 12.5. The van der Waals surface area contributed by atoms with E-state index in [1.165, 1.54) is 0 Å². The van der Waals surface area contributed by atoms with Crippen molar-refractivity contribution in [2.45, 2.75) is 25.8 Å². The van der Waals surface area contributed by atoms with Crippen LogP contribution in [-0.4, -0.2) is 28.7 Å². The van der Waals surface area contributed by atoms with Gasteiger partial charge in [0, 0.05) is 27.9 Å². The average Bonchev–Trinajstić information content (AvgIpc) is 3.06. The van der Waals surface area contributed by atoms with Crippen molar-refractivity contribution < 1.29 is 4.79 Å². The van der Waals surface area contributed by atoms with Gasteiger partial charge in [-0.3, -0.25) is 9.89 Å². The van der Waals surface area contributed by atoms with Crippen molar-refractivity contribution in [3.05, 3.63) is 47.0 Å². The highest BCUT2D eigenvalue weighted by Crippen LogP contribution is 2.33. The van der Waals surface area contributed by atoms with E-state index in [4.69, 9.17) is 16.9 Å². The first-order valence-corrected chi connectivity index (χ1v) is 9.69. The minimum Gasteiger partial charge on any atom is -0.314 e. The van der Waals surface area contributed by atoms with E-state index in [1.54, 1.807) is 18.2 Å². The van der Waals surface area contributed by atoms with Gasteiger partial charge in [0.1, 0.15) is 0 Å². The number of anilines is 1. The van der Waals surface area contributed by atoms with Gasteiger partial charge in [-0.05, 0) is 55.3 Å². The molecule has 1 aliphatic rings. The third kappa shape index (κ3) is 3.47. The van der Waals surface area contributed by atoms with Crippen LogP contribution in [0.25, 0.3) is 22.0 Å². The molecule has 28 heavy (non-hydrogen) atoms. The largest absolute Gasteiger partial charge is 0.314 e. The molecule has 0 bridgehead atoms. The van der Waals surface area contributed by atoms with Crippen LogP contribution in [0.5, 0.6) is 0 Å². The third-order valence-electron chi connectivity index (χ3n) is 5.21. The van der Waals surface area contributed by atoms with Crippen LogP contribution < -0.4 is 10.6 Å². The standard InChI is InChI=1S/C21H20ClN5O/c1-2-24-15-8-14(9-15)21(28)25-20-17-10-13(4-6-19(17)26-27-20)16-7-12(11-23)3-5-18(16)22/h3-7,10,14-15,24H,2,8-9H2,1H3,(H2,25,26,27,28). The normalized spacial score (nSPS) is 18.5. The van der Waals surface area contributed by atoms with Crippen molar-refractivity contribution in [3.63, 3.8) is 0 Å². The van der Waals surface area contributed by atoms with Crippen LogP contribution in [0, 0.1) is 17.2 Å². The van der Waals surface area contributed by atoms with Crippen LogP contribution in [0.1, 0.15) is 25.3 Å². The number of nitrogens with one attached hydrogen (secondary N) is 3. The highest BCUT2D eigenvalue weighted by molar-refractivity contribution is 6.33. The van der Waals surface area contributed by atoms with E-state index < -0.39 is 0 Å². The number of aromatic nitrogens is 2. The molecule has 3 aromatic rings. The van der Waals surface area contributed by atoms with E-state index in [0.717, 1.165) is 41.4 Å². The average molecular weight is 394 g/mol. The van der Waals surface area contributed by atoms with Gasteiger partial charge in [0.2, 0.25) is 5.91 Å². The molecule has 0 radical (unpaired) electrons. The molecule has 6 nitrogen and oxygen atoms in total. The van der Waals surface area contributed by atoms with Gasteiger partial charge in [-0.15, -0.1) is 0 Å². The van der Waals surface area contributed by atoms with Crippen molar-refractivity contribution in [1.29, 1.82) is 5.26 Å². The Morgan fingerprint density at radius 1 is 1.32 bits per heavy atom. The van der Waals surface area contributed by atoms with E-state index in [0.29, 0.717) is 22.4 Å². The first-order chi connectivity index (χ1) is 13.6. The lowest BCUT2D eigenvalue weighted by Gasteiger charge is -2.34. The Hall–Kier alpha value is -2.88. The first-order valence-electron chi connectivity index (χ1n) is 9.31. The molecular weight excluding hydrogens is 374 g/mol. The summed E-state index contributed by atoms with van der Waals surface area (Å²) in [6.07, 6.45) is 1.70. The number of benzene rings is 2. The Morgan fingerprint density at radius 3 is 2.89 bits per heavy atom. The number of nitrogens with zero attached hydrogens (tertiary/aromatic N) is 2. The van der Waals surface area contributed by atoms with E-state index in [-0.39, 0.29) is 11.8 Å². The zero-order valence-corrected chi connectivity index (χ0v) is 16.2. The minimum absolute atomic E-state index is 0.00235. The number of halogens is 1. The van der Waals surface area contributed by atoms with Gasteiger partial charge in [0.25, 0.3) is 0 Å². The summed E-state index contributed by atoms with van der Waals surface area (Å²) in [6.45, 7) is 2.99. The summed E-state index contributed by atoms with van der Waals surface area (Å²) in [4.78, 5) is 12.5. The summed E-state index contributed by atoms with van der Waals surface area (Å²) in [5.74, 6) is 0.527. The molecule has 1 fully saturated rings. The lowest BCUT2D eigenvalue weighted by Crippen LogP contribution is -2.45. The number of fused-ring (bicyclic) bond motifs is 1. The van der Waals surface area contributed by atoms with Crippen LogP contribution in [-0.2, 0) is 4.79 Å². The molecule has 7 heteroatoms. The monoisotopic (exact) mass is 393 g/mol. The number of hydrogen-bond donors (Lipinski definition) is 3. The molecule has 0 spiro atoms. The van der Waals surface area contributed by atoms with Gasteiger partial charge in [-0.1, -0.05) is 24.6 Å². The number of carbonyl (C=O) groups is 1. The molecule has 0 saturated heterocycles. The lowest BCUT2D eigenvalue weighted by atomic mass is 9.79. The van der Waals surface area contributed by atoms with Crippen molar-refractivity contribution in [2.24, 2.45) is 5.92 Å². The van der Waals surface area contributed by atoms with Gasteiger partial charge in [-0.25, -0.2) is 0 Å². The third-order valence-corrected chi connectivity index (χ3v) is 5.54. The summed E-state index contributed by atoms with van der Waals surface area (Å²) in [5.41, 5.74) is 3.00. The maximum absolute atomic E-state index is 12.5. The zero-order chi connectivity index (χ0) is 19.7. The first kappa shape index (κ1) is 18.5. The van der Waals surface area contributed by atoms with E-state index in [9.17, 15) is 4.79 Å². The van der Waals surface area contributed by atoms with Crippen LogP contribution in [0.15, 0.2) is 36.4 Å². The molecule has 1 saturated carbocycles. The molecule has 4 rings (SSSR count). The van der Waals surface area contributed by atoms with Crippen LogP contribution >= 0.6 is 11.6 Å². The van der Waals surface area contributed by atoms with Crippen LogP contribution in [0.3, 0.4) is 0 Å². The number of carbonyl (C=O) groups excluding carboxylic acids is 1. The van der Waals surface area contributed by atoms with Gasteiger partial charge >= 0.3 is 0 Å². The lowest BCUT2D eigenvalue weighted by molar-refractivity contribution is -0.122. The topological polar surface area (TPSA) is 93.6 Å². The van der Waals surface area contributed by atoms with Gasteiger partial charge in [-0.2, -0.15) is 10.4 Å². The molecule has 1 aromatic heterocycles. The molecule has 0 aliphatic heterocycles. The second-order valence-corrected chi connectivity index (χ2v) is 7.46. The highest BCUT2D eigenvalue weighted by Gasteiger charge is 2.34. The molecule has 1 aliphatic carbocycles. The number of nitriles is 1. The van der Waals surface area contributed by atoms with Crippen molar-refractivity contribution in [3.8, 4) is 17.2 Å². The van der Waals surface area contributed by atoms with E-state index in [2.05, 4.69) is 33.8 Å². The number of hydrogen-bond acceptors (Lipinski definition) is 4. The Labute approximate surface area is 167 Å². The van der Waals surface area contributed by atoms with E-state index >= 15 is 0 Å². The maximum Gasteiger partial charge on any atom is 0.228 e. The summed E-state index contributed by atoms with van der Waals surface area (Å²) >= 11 is 6.34. The summed E-state index contributed by atoms with van der Waals surface area (Å²) in [7, 11) is 0. The number of H-pyrrole nitrogens is 1. The molecule has 0 atom stereocenters. The Bertz CT molecular complexity index is 1080. The molecule has 3 N–H and O–H groups in total. The molecule has 1 amide bonds. The summed E-state index contributed by atoms with van der Waals surface area (Å²) in [6, 6.07) is 13.5. The van der Waals surface area contributed by atoms with Gasteiger partial charge in [0.05, 0.1) is 17.1 Å². The number of rotatable bonds is 5. The fourth-order valence-corrected chi connectivity index (χ4v) is 3.83. The predicted molar refractivity (Wildman–Crippen MR) is 110 cm³/mol. The number of aromatic amines is 1. The quantitative estimate of drug-likeness (QED) is 0.608. The SMILES string of the molecule is CCNC1CC(C(=O)Nc2n[nH]c3ccc(-c4cc(C#N)ccc4Cl)cc23)C1. The highest BCUT2D eigenvalue weighted by atomic mass is 35.5. The smallest absolute Gasteiger partial charge is 0.228 e. The van der Waals surface area contributed by atoms with Crippen LogP contribution in [0.2, 0.25) is 5.02 Å². The van der Waals surface area contributed by atoms with Crippen molar-refractivity contribution in [1.82, 2.24) is 15.5 Å². The summed E-state index contributed by atoms with van der Waals surface area (Å²) < 4.78 is 0. The molecule has 0 unspecified atom stereocenters. The molecule has 1 heterocycles. The second kappa shape index (κ2) is 7.63. The van der Waals surface area contributed by atoms with Crippen LogP contribution in [0.4, 0.5) is 5.82 Å². The Kier molecular flexibility index (Phi) is 5.03. The Morgan fingerprint density at radius 2 is 2.14 bits per heavy atom. The van der Waals surface area contributed by atoms with Crippen molar-refractivity contribution in [2.75, 3.05) is 11.9 Å². The molecule has 2 aromatic carbocycles. The fraction of sp³-hybridized carbons (Fsp3) is 0.286. The summed E-state index contributed by atoms with van der Waals surface area (Å²) in [5, 5.41) is 24.1. The molecular formula is C21H20ClN5O. The zero-order valence-electron chi connectivity index (χ0n) is 15.4. The molecule has 142 valence electrons. The number of amides is 1.